The second-order valence-electron chi connectivity index (χ2n) is 7.12. The van der Waals surface area contributed by atoms with Crippen molar-refractivity contribution in [3.8, 4) is 5.82 Å². The molecule has 170 valence electrons. The van der Waals surface area contributed by atoms with Gasteiger partial charge >= 0.3 is 6.18 Å². The summed E-state index contributed by atoms with van der Waals surface area (Å²) in [6.07, 6.45) is -1.60. The first-order chi connectivity index (χ1) is 15.1. The fourth-order valence-corrected chi connectivity index (χ4v) is 4.87. The number of piperazine rings is 1. The predicted octanol–water partition coefficient (Wildman–Crippen LogP) is 2.64. The molecular weight excluding hydrogens is 452 g/mol. The zero-order chi connectivity index (χ0) is 23.1. The highest BCUT2D eigenvalue weighted by molar-refractivity contribution is 7.89. The van der Waals surface area contributed by atoms with Crippen molar-refractivity contribution >= 4 is 15.8 Å². The molecule has 2 aromatic heterocycles. The highest BCUT2D eigenvalue weighted by Crippen LogP contribution is 2.33. The summed E-state index contributed by atoms with van der Waals surface area (Å²) in [5.74, 6) is 0.362. The maximum Gasteiger partial charge on any atom is 0.419 e. The van der Waals surface area contributed by atoms with Gasteiger partial charge in [0.2, 0.25) is 10.0 Å². The minimum Gasteiger partial charge on any atom is -0.352 e. The maximum atomic E-state index is 13.5. The van der Waals surface area contributed by atoms with Gasteiger partial charge in [-0.3, -0.25) is 4.57 Å². The van der Waals surface area contributed by atoms with Crippen molar-refractivity contribution in [2.75, 3.05) is 31.1 Å². The lowest BCUT2D eigenvalue weighted by atomic mass is 10.2. The minimum atomic E-state index is -4.99. The zero-order valence-corrected chi connectivity index (χ0v) is 17.6. The Bertz CT molecular complexity index is 1220. The molecule has 0 saturated carbocycles. The summed E-state index contributed by atoms with van der Waals surface area (Å²) in [4.78, 5) is 5.36. The van der Waals surface area contributed by atoms with Crippen LogP contribution in [0.25, 0.3) is 5.82 Å². The topological polar surface area (TPSA) is 84.2 Å². The number of imidazole rings is 1. The Hall–Kier alpha value is -3.06. The van der Waals surface area contributed by atoms with Gasteiger partial charge in [0, 0.05) is 38.6 Å². The minimum absolute atomic E-state index is 0.0329. The molecular formula is C19H18F4N6O2S. The van der Waals surface area contributed by atoms with E-state index in [9.17, 15) is 26.0 Å². The summed E-state index contributed by atoms with van der Waals surface area (Å²) >= 11 is 0. The van der Waals surface area contributed by atoms with E-state index >= 15 is 0 Å². The van der Waals surface area contributed by atoms with Crippen LogP contribution >= 0.6 is 0 Å². The van der Waals surface area contributed by atoms with Crippen LogP contribution in [-0.2, 0) is 16.2 Å². The summed E-state index contributed by atoms with van der Waals surface area (Å²) in [7, 11) is -4.21. The van der Waals surface area contributed by atoms with E-state index in [1.165, 1.54) is 0 Å². The third kappa shape index (κ3) is 4.17. The molecule has 0 aliphatic carbocycles. The van der Waals surface area contributed by atoms with Gasteiger partial charge in [0.25, 0.3) is 0 Å². The Morgan fingerprint density at radius 2 is 1.62 bits per heavy atom. The molecule has 32 heavy (non-hydrogen) atoms. The molecule has 0 radical (unpaired) electrons. The molecule has 4 rings (SSSR count). The lowest BCUT2D eigenvalue weighted by Crippen LogP contribution is -2.49. The van der Waals surface area contributed by atoms with Crippen LogP contribution in [0.5, 0.6) is 0 Å². The summed E-state index contributed by atoms with van der Waals surface area (Å²) < 4.78 is 80.9. The Morgan fingerprint density at radius 1 is 0.969 bits per heavy atom. The molecule has 1 aliphatic rings. The molecule has 1 fully saturated rings. The molecule has 13 heteroatoms. The number of rotatable bonds is 4. The number of hydrogen-bond donors (Lipinski definition) is 0. The standard InChI is InChI=1S/C19H18F4N6O2S/c1-13-24-6-7-29(13)18-5-4-17(25-26-18)27-8-10-28(11-9-27)32(30,31)14-2-3-16(20)15(12-14)19(21,22)23/h2-7,12H,8-11H2,1H3. The Balaban J connectivity index is 1.47. The van der Waals surface area contributed by atoms with E-state index in [2.05, 4.69) is 15.2 Å². The lowest BCUT2D eigenvalue weighted by Gasteiger charge is -2.34. The van der Waals surface area contributed by atoms with Gasteiger partial charge in [-0.25, -0.2) is 17.8 Å². The average Bonchev–Trinajstić information content (AvgIpc) is 3.19. The van der Waals surface area contributed by atoms with Crippen molar-refractivity contribution in [1.82, 2.24) is 24.1 Å². The zero-order valence-electron chi connectivity index (χ0n) is 16.8. The number of benzene rings is 1. The monoisotopic (exact) mass is 470 g/mol. The molecule has 8 nitrogen and oxygen atoms in total. The van der Waals surface area contributed by atoms with E-state index in [1.54, 1.807) is 29.1 Å². The van der Waals surface area contributed by atoms with E-state index in [0.29, 0.717) is 23.8 Å². The normalized spacial score (nSPS) is 15.8. The number of nitrogens with zero attached hydrogens (tertiary/aromatic N) is 6. The maximum absolute atomic E-state index is 13.5. The number of aromatic nitrogens is 4. The van der Waals surface area contributed by atoms with Gasteiger partial charge in [-0.2, -0.15) is 17.5 Å². The number of anilines is 1. The first-order valence-corrected chi connectivity index (χ1v) is 11.0. The predicted molar refractivity (Wildman–Crippen MR) is 106 cm³/mol. The largest absolute Gasteiger partial charge is 0.419 e. The van der Waals surface area contributed by atoms with Gasteiger partial charge < -0.3 is 4.90 Å². The van der Waals surface area contributed by atoms with E-state index < -0.39 is 32.5 Å². The van der Waals surface area contributed by atoms with E-state index in [4.69, 9.17) is 0 Å². The smallest absolute Gasteiger partial charge is 0.352 e. The molecule has 0 spiro atoms. The van der Waals surface area contributed by atoms with Crippen LogP contribution in [0.4, 0.5) is 23.4 Å². The molecule has 0 N–H and O–H groups in total. The van der Waals surface area contributed by atoms with E-state index in [0.717, 1.165) is 16.2 Å². The SMILES string of the molecule is Cc1nccn1-c1ccc(N2CCN(S(=O)(=O)c3ccc(F)c(C(F)(F)F)c3)CC2)nn1. The second-order valence-corrected chi connectivity index (χ2v) is 9.06. The summed E-state index contributed by atoms with van der Waals surface area (Å²) in [5, 5.41) is 8.36. The van der Waals surface area contributed by atoms with Crippen molar-refractivity contribution in [2.24, 2.45) is 0 Å². The molecule has 0 unspecified atom stereocenters. The van der Waals surface area contributed by atoms with Crippen molar-refractivity contribution in [2.45, 2.75) is 18.0 Å². The molecule has 1 aliphatic heterocycles. The average molecular weight is 470 g/mol. The Kier molecular flexibility index (Phi) is 5.63. The highest BCUT2D eigenvalue weighted by Gasteiger charge is 2.37. The first kappa shape index (κ1) is 22.1. The van der Waals surface area contributed by atoms with E-state index in [1.807, 2.05) is 11.8 Å². The van der Waals surface area contributed by atoms with E-state index in [-0.39, 0.29) is 26.2 Å². The van der Waals surface area contributed by atoms with Crippen molar-refractivity contribution < 1.29 is 26.0 Å². The Labute approximate surface area is 181 Å². The number of sulfonamides is 1. The number of halogens is 4. The fourth-order valence-electron chi connectivity index (χ4n) is 3.42. The van der Waals surface area contributed by atoms with Gasteiger partial charge in [-0.1, -0.05) is 0 Å². The molecule has 1 saturated heterocycles. The van der Waals surface area contributed by atoms with Crippen LogP contribution in [0.3, 0.4) is 0 Å². The lowest BCUT2D eigenvalue weighted by molar-refractivity contribution is -0.140. The van der Waals surface area contributed by atoms with Gasteiger partial charge in [0.15, 0.2) is 11.6 Å². The summed E-state index contributed by atoms with van der Waals surface area (Å²) in [6.45, 7) is 2.43. The third-order valence-corrected chi connectivity index (χ3v) is 7.05. The first-order valence-electron chi connectivity index (χ1n) is 9.53. The van der Waals surface area contributed by atoms with Gasteiger partial charge in [0.1, 0.15) is 11.6 Å². The van der Waals surface area contributed by atoms with Crippen LogP contribution in [0, 0.1) is 12.7 Å². The summed E-state index contributed by atoms with van der Waals surface area (Å²) in [5.41, 5.74) is -1.61. The highest BCUT2D eigenvalue weighted by atomic mass is 32.2. The van der Waals surface area contributed by atoms with Crippen LogP contribution in [0.15, 0.2) is 47.6 Å². The van der Waals surface area contributed by atoms with Crippen molar-refractivity contribution in [3.05, 3.63) is 59.9 Å². The van der Waals surface area contributed by atoms with Crippen LogP contribution in [0.1, 0.15) is 11.4 Å². The molecule has 0 atom stereocenters. The third-order valence-electron chi connectivity index (χ3n) is 5.15. The Morgan fingerprint density at radius 3 is 2.19 bits per heavy atom. The molecule has 0 amide bonds. The van der Waals surface area contributed by atoms with Gasteiger partial charge in [0.05, 0.1) is 10.5 Å². The number of aryl methyl sites for hydroxylation is 1. The summed E-state index contributed by atoms with van der Waals surface area (Å²) in [6, 6.07) is 5.21. The molecule has 3 heterocycles. The van der Waals surface area contributed by atoms with Crippen LogP contribution in [0.2, 0.25) is 0 Å². The van der Waals surface area contributed by atoms with Crippen molar-refractivity contribution in [3.63, 3.8) is 0 Å². The van der Waals surface area contributed by atoms with Gasteiger partial charge in [-0.05, 0) is 37.3 Å². The van der Waals surface area contributed by atoms with Gasteiger partial charge in [-0.15, -0.1) is 10.2 Å². The number of alkyl halides is 3. The quantitative estimate of drug-likeness (QED) is 0.546. The number of hydrogen-bond acceptors (Lipinski definition) is 6. The fraction of sp³-hybridized carbons (Fsp3) is 0.316. The van der Waals surface area contributed by atoms with Crippen molar-refractivity contribution in [1.29, 1.82) is 0 Å². The van der Waals surface area contributed by atoms with Crippen LogP contribution in [-0.4, -0.2) is 58.7 Å². The van der Waals surface area contributed by atoms with Crippen LogP contribution < -0.4 is 4.90 Å². The molecule has 3 aromatic rings. The molecule has 1 aromatic carbocycles. The molecule has 0 bridgehead atoms. The second kappa shape index (κ2) is 8.13.